The predicted molar refractivity (Wildman–Crippen MR) is 67.4 cm³/mol. The molecule has 5 nitrogen and oxygen atoms in total. The lowest BCUT2D eigenvalue weighted by Gasteiger charge is -2.06. The van der Waals surface area contributed by atoms with Crippen LogP contribution in [0.1, 0.15) is 23.2 Å². The van der Waals surface area contributed by atoms with Gasteiger partial charge in [0.2, 0.25) is 5.91 Å². The highest BCUT2D eigenvalue weighted by atomic mass is 16.5. The molecule has 0 spiro atoms. The standard InChI is InChI=1S/C13H16N2O3/c1-18-13(17)9-2-4-11(5-3-9)15-12(16)8-14-10-6-7-10/h2-5,10,14H,6-8H2,1H3,(H,15,16). The number of rotatable bonds is 5. The number of amides is 1. The van der Waals surface area contributed by atoms with E-state index in [1.54, 1.807) is 24.3 Å². The third kappa shape index (κ3) is 3.56. The van der Waals surface area contributed by atoms with Crippen molar-refractivity contribution in [1.29, 1.82) is 0 Å². The molecule has 1 amide bonds. The number of benzene rings is 1. The van der Waals surface area contributed by atoms with Crippen LogP contribution in [0.5, 0.6) is 0 Å². The lowest BCUT2D eigenvalue weighted by molar-refractivity contribution is -0.115. The third-order valence-corrected chi connectivity index (χ3v) is 2.72. The summed E-state index contributed by atoms with van der Waals surface area (Å²) in [5, 5.41) is 5.88. The minimum atomic E-state index is -0.386. The van der Waals surface area contributed by atoms with Gasteiger partial charge in [-0.1, -0.05) is 0 Å². The minimum absolute atomic E-state index is 0.0762. The molecule has 2 rings (SSSR count). The molecule has 18 heavy (non-hydrogen) atoms. The Kier molecular flexibility index (Phi) is 3.94. The number of carbonyl (C=O) groups is 2. The molecular formula is C13H16N2O3. The van der Waals surface area contributed by atoms with E-state index < -0.39 is 0 Å². The maximum atomic E-state index is 11.6. The van der Waals surface area contributed by atoms with Gasteiger partial charge in [-0.2, -0.15) is 0 Å². The van der Waals surface area contributed by atoms with Crippen molar-refractivity contribution in [3.8, 4) is 0 Å². The number of anilines is 1. The molecule has 96 valence electrons. The summed E-state index contributed by atoms with van der Waals surface area (Å²) in [6.45, 7) is 0.323. The molecule has 0 radical (unpaired) electrons. The van der Waals surface area contributed by atoms with Crippen molar-refractivity contribution in [3.05, 3.63) is 29.8 Å². The lowest BCUT2D eigenvalue weighted by Crippen LogP contribution is -2.29. The average Bonchev–Trinajstić information content (AvgIpc) is 3.20. The summed E-state index contributed by atoms with van der Waals surface area (Å²) in [4.78, 5) is 22.8. The van der Waals surface area contributed by atoms with Gasteiger partial charge in [-0.05, 0) is 37.1 Å². The molecule has 0 aromatic heterocycles. The van der Waals surface area contributed by atoms with Gasteiger partial charge < -0.3 is 15.4 Å². The largest absolute Gasteiger partial charge is 0.465 e. The Bertz CT molecular complexity index is 438. The van der Waals surface area contributed by atoms with Crippen LogP contribution in [0.4, 0.5) is 5.69 Å². The average molecular weight is 248 g/mol. The first-order valence-corrected chi connectivity index (χ1v) is 5.90. The molecule has 5 heteroatoms. The van der Waals surface area contributed by atoms with E-state index in [9.17, 15) is 9.59 Å². The molecule has 1 aromatic carbocycles. The summed E-state index contributed by atoms with van der Waals surface area (Å²) >= 11 is 0. The van der Waals surface area contributed by atoms with Crippen LogP contribution in [0.25, 0.3) is 0 Å². The van der Waals surface area contributed by atoms with Gasteiger partial charge in [-0.15, -0.1) is 0 Å². The van der Waals surface area contributed by atoms with Crippen LogP contribution < -0.4 is 10.6 Å². The maximum absolute atomic E-state index is 11.6. The number of esters is 1. The summed E-state index contributed by atoms with van der Waals surface area (Å²) in [6, 6.07) is 7.12. The fourth-order valence-electron chi connectivity index (χ4n) is 1.54. The number of hydrogen-bond donors (Lipinski definition) is 2. The van der Waals surface area contributed by atoms with Gasteiger partial charge in [0.15, 0.2) is 0 Å². The molecule has 1 aliphatic carbocycles. The zero-order valence-electron chi connectivity index (χ0n) is 10.2. The Balaban J connectivity index is 1.84. The van der Waals surface area contributed by atoms with Crippen LogP contribution in [0.15, 0.2) is 24.3 Å². The monoisotopic (exact) mass is 248 g/mol. The van der Waals surface area contributed by atoms with Gasteiger partial charge in [0, 0.05) is 11.7 Å². The molecule has 0 atom stereocenters. The molecule has 2 N–H and O–H groups in total. The molecule has 1 aliphatic rings. The number of methoxy groups -OCH3 is 1. The first-order chi connectivity index (χ1) is 8.69. The van der Waals surface area contributed by atoms with E-state index >= 15 is 0 Å². The normalized spacial score (nSPS) is 14.1. The van der Waals surface area contributed by atoms with E-state index in [4.69, 9.17) is 0 Å². The van der Waals surface area contributed by atoms with Crippen LogP contribution >= 0.6 is 0 Å². The topological polar surface area (TPSA) is 67.4 Å². The van der Waals surface area contributed by atoms with E-state index in [0.717, 1.165) is 12.8 Å². The quantitative estimate of drug-likeness (QED) is 0.767. The minimum Gasteiger partial charge on any atom is -0.465 e. The summed E-state index contributed by atoms with van der Waals surface area (Å²) in [5.74, 6) is -0.462. The van der Waals surface area contributed by atoms with Crippen molar-refractivity contribution >= 4 is 17.6 Å². The molecule has 1 aromatic rings. The fourth-order valence-corrected chi connectivity index (χ4v) is 1.54. The van der Waals surface area contributed by atoms with E-state index in [0.29, 0.717) is 23.8 Å². The number of nitrogens with one attached hydrogen (secondary N) is 2. The maximum Gasteiger partial charge on any atom is 0.337 e. The number of ether oxygens (including phenoxy) is 1. The van der Waals surface area contributed by atoms with Crippen LogP contribution in [-0.2, 0) is 9.53 Å². The second kappa shape index (κ2) is 5.64. The van der Waals surface area contributed by atoms with Crippen molar-refractivity contribution < 1.29 is 14.3 Å². The van der Waals surface area contributed by atoms with E-state index in [-0.39, 0.29) is 11.9 Å². The first-order valence-electron chi connectivity index (χ1n) is 5.90. The third-order valence-electron chi connectivity index (χ3n) is 2.72. The fraction of sp³-hybridized carbons (Fsp3) is 0.385. The molecule has 0 heterocycles. The second-order valence-corrected chi connectivity index (χ2v) is 4.27. The first kappa shape index (κ1) is 12.6. The molecule has 1 saturated carbocycles. The molecule has 0 unspecified atom stereocenters. The Morgan fingerprint density at radius 2 is 1.94 bits per heavy atom. The number of hydrogen-bond acceptors (Lipinski definition) is 4. The second-order valence-electron chi connectivity index (χ2n) is 4.27. The van der Waals surface area contributed by atoms with Crippen molar-refractivity contribution in [2.75, 3.05) is 19.0 Å². The van der Waals surface area contributed by atoms with Gasteiger partial charge in [0.05, 0.1) is 19.2 Å². The Labute approximate surface area is 106 Å². The van der Waals surface area contributed by atoms with Crippen molar-refractivity contribution in [2.45, 2.75) is 18.9 Å². The van der Waals surface area contributed by atoms with Crippen LogP contribution in [-0.4, -0.2) is 31.6 Å². The molecule has 0 aliphatic heterocycles. The Hall–Kier alpha value is -1.88. The number of carbonyl (C=O) groups excluding carboxylic acids is 2. The Morgan fingerprint density at radius 1 is 1.28 bits per heavy atom. The molecule has 0 saturated heterocycles. The van der Waals surface area contributed by atoms with Crippen molar-refractivity contribution in [2.24, 2.45) is 0 Å². The van der Waals surface area contributed by atoms with Gasteiger partial charge >= 0.3 is 5.97 Å². The van der Waals surface area contributed by atoms with Crippen molar-refractivity contribution in [1.82, 2.24) is 5.32 Å². The molecule has 0 bridgehead atoms. The lowest BCUT2D eigenvalue weighted by atomic mass is 10.2. The Morgan fingerprint density at radius 3 is 2.50 bits per heavy atom. The van der Waals surface area contributed by atoms with Crippen LogP contribution in [0, 0.1) is 0 Å². The zero-order chi connectivity index (χ0) is 13.0. The summed E-state index contributed by atoms with van der Waals surface area (Å²) in [6.07, 6.45) is 2.31. The summed E-state index contributed by atoms with van der Waals surface area (Å²) < 4.78 is 4.59. The van der Waals surface area contributed by atoms with E-state index in [1.807, 2.05) is 0 Å². The zero-order valence-corrected chi connectivity index (χ0v) is 10.2. The molecular weight excluding hydrogens is 232 g/mol. The SMILES string of the molecule is COC(=O)c1ccc(NC(=O)CNC2CC2)cc1. The van der Waals surface area contributed by atoms with Gasteiger partial charge in [-0.3, -0.25) is 4.79 Å². The van der Waals surface area contributed by atoms with Crippen LogP contribution in [0.2, 0.25) is 0 Å². The van der Waals surface area contributed by atoms with E-state index in [2.05, 4.69) is 15.4 Å². The summed E-state index contributed by atoms with van der Waals surface area (Å²) in [7, 11) is 1.33. The highest BCUT2D eigenvalue weighted by Crippen LogP contribution is 2.18. The van der Waals surface area contributed by atoms with Gasteiger partial charge in [0.25, 0.3) is 0 Å². The van der Waals surface area contributed by atoms with Crippen LogP contribution in [0.3, 0.4) is 0 Å². The predicted octanol–water partition coefficient (Wildman–Crippen LogP) is 1.16. The smallest absolute Gasteiger partial charge is 0.337 e. The molecule has 1 fully saturated rings. The van der Waals surface area contributed by atoms with E-state index in [1.165, 1.54) is 7.11 Å². The van der Waals surface area contributed by atoms with Gasteiger partial charge in [0.1, 0.15) is 0 Å². The summed E-state index contributed by atoms with van der Waals surface area (Å²) in [5.41, 5.74) is 1.14. The highest BCUT2D eigenvalue weighted by molar-refractivity contribution is 5.93. The van der Waals surface area contributed by atoms with Gasteiger partial charge in [-0.25, -0.2) is 4.79 Å². The highest BCUT2D eigenvalue weighted by Gasteiger charge is 2.21. The van der Waals surface area contributed by atoms with Crippen molar-refractivity contribution in [3.63, 3.8) is 0 Å².